The second-order valence-corrected chi connectivity index (χ2v) is 10.6. The minimum Gasteiger partial charge on any atom is -0.376 e. The molecule has 4 aromatic rings. The lowest BCUT2D eigenvalue weighted by Crippen LogP contribution is -2.25. The van der Waals surface area contributed by atoms with Gasteiger partial charge in [-0.1, -0.05) is 85.1 Å². The van der Waals surface area contributed by atoms with Gasteiger partial charge in [0.1, 0.15) is 0 Å². The van der Waals surface area contributed by atoms with Crippen molar-refractivity contribution < 1.29 is 4.79 Å². The highest BCUT2D eigenvalue weighted by molar-refractivity contribution is 6.42. The molecule has 0 unspecified atom stereocenters. The summed E-state index contributed by atoms with van der Waals surface area (Å²) in [5.74, 6) is 0.394. The van der Waals surface area contributed by atoms with Crippen LogP contribution in [0, 0.1) is 0 Å². The van der Waals surface area contributed by atoms with Crippen molar-refractivity contribution in [2.45, 2.75) is 51.1 Å². The van der Waals surface area contributed by atoms with Crippen LogP contribution in [0.1, 0.15) is 71.0 Å². The van der Waals surface area contributed by atoms with Crippen molar-refractivity contribution in [1.82, 2.24) is 4.57 Å². The zero-order chi connectivity index (χ0) is 24.8. The van der Waals surface area contributed by atoms with Crippen LogP contribution in [0.25, 0.3) is 11.1 Å². The number of para-hydroxylation sites is 1. The van der Waals surface area contributed by atoms with Gasteiger partial charge in [0.25, 0.3) is 0 Å². The van der Waals surface area contributed by atoms with Gasteiger partial charge in [-0.3, -0.25) is 4.79 Å². The zero-order valence-electron chi connectivity index (χ0n) is 20.2. The van der Waals surface area contributed by atoms with Crippen LogP contribution < -0.4 is 5.32 Å². The maximum absolute atomic E-state index is 14.3. The van der Waals surface area contributed by atoms with E-state index in [4.69, 9.17) is 23.2 Å². The fraction of sp³-hybridized carbons (Fsp3) is 0.258. The van der Waals surface area contributed by atoms with Crippen molar-refractivity contribution in [2.24, 2.45) is 0 Å². The van der Waals surface area contributed by atoms with Crippen LogP contribution in [-0.4, -0.2) is 10.4 Å². The molecule has 3 nitrogen and oxygen atoms in total. The summed E-state index contributed by atoms with van der Waals surface area (Å²) in [4.78, 5) is 14.3. The predicted octanol–water partition coefficient (Wildman–Crippen LogP) is 8.69. The van der Waals surface area contributed by atoms with E-state index in [0.29, 0.717) is 21.5 Å². The number of hydrogen-bond donors (Lipinski definition) is 1. The third-order valence-corrected chi connectivity index (χ3v) is 8.42. The van der Waals surface area contributed by atoms with Crippen LogP contribution in [0.2, 0.25) is 10.0 Å². The van der Waals surface area contributed by atoms with Gasteiger partial charge in [-0.2, -0.15) is 0 Å². The summed E-state index contributed by atoms with van der Waals surface area (Å²) in [5, 5.41) is 4.68. The van der Waals surface area contributed by atoms with E-state index in [-0.39, 0.29) is 11.8 Å². The highest BCUT2D eigenvalue weighted by Gasteiger charge is 2.42. The maximum Gasteiger partial charge on any atom is 0.195 e. The maximum atomic E-state index is 14.3. The van der Waals surface area contributed by atoms with E-state index in [9.17, 15) is 4.79 Å². The highest BCUT2D eigenvalue weighted by Crippen LogP contribution is 2.53. The topological polar surface area (TPSA) is 34.0 Å². The van der Waals surface area contributed by atoms with Crippen molar-refractivity contribution in [3.8, 4) is 11.1 Å². The number of carbonyl (C=O) groups excluding carboxylic acids is 1. The lowest BCUT2D eigenvalue weighted by Gasteiger charge is -2.30. The van der Waals surface area contributed by atoms with Gasteiger partial charge < -0.3 is 9.88 Å². The molecule has 0 saturated carbocycles. The Balaban J connectivity index is 1.60. The van der Waals surface area contributed by atoms with Gasteiger partial charge in [-0.15, -0.1) is 0 Å². The third-order valence-electron chi connectivity index (χ3n) is 7.68. The molecule has 6 rings (SSSR count). The number of carbonyl (C=O) groups is 1. The molecule has 0 amide bonds. The first-order valence-corrected chi connectivity index (χ1v) is 13.5. The van der Waals surface area contributed by atoms with Gasteiger partial charge in [-0.05, 0) is 54.7 Å². The summed E-state index contributed by atoms with van der Waals surface area (Å²) in [6.07, 6.45) is 4.01. The number of rotatable bonds is 6. The Morgan fingerprint density at radius 2 is 1.78 bits per heavy atom. The largest absolute Gasteiger partial charge is 0.376 e. The molecule has 3 aromatic carbocycles. The number of nitrogens with zero attached hydrogens (tertiary/aromatic N) is 1. The Bertz CT molecular complexity index is 1460. The molecule has 2 atom stereocenters. The zero-order valence-corrected chi connectivity index (χ0v) is 21.7. The van der Waals surface area contributed by atoms with Gasteiger partial charge in [0, 0.05) is 40.7 Å². The van der Waals surface area contributed by atoms with Crippen LogP contribution in [0.15, 0.2) is 72.8 Å². The van der Waals surface area contributed by atoms with Crippen molar-refractivity contribution >= 4 is 34.7 Å². The molecule has 182 valence electrons. The Morgan fingerprint density at radius 3 is 2.56 bits per heavy atom. The van der Waals surface area contributed by atoms with Gasteiger partial charge in [-0.25, -0.2) is 0 Å². The van der Waals surface area contributed by atoms with E-state index in [1.165, 1.54) is 16.9 Å². The Hall–Kier alpha value is -3.01. The average Bonchev–Trinajstić information content (AvgIpc) is 3.45. The lowest BCUT2D eigenvalue weighted by atomic mass is 9.84. The fourth-order valence-electron chi connectivity index (χ4n) is 6.04. The molecule has 36 heavy (non-hydrogen) atoms. The lowest BCUT2D eigenvalue weighted by molar-refractivity contribution is 0.103. The van der Waals surface area contributed by atoms with Gasteiger partial charge in [0.15, 0.2) is 5.78 Å². The van der Waals surface area contributed by atoms with E-state index >= 15 is 0 Å². The molecule has 0 saturated heterocycles. The molecule has 0 aliphatic carbocycles. The van der Waals surface area contributed by atoms with E-state index in [2.05, 4.69) is 65.3 Å². The summed E-state index contributed by atoms with van der Waals surface area (Å²) in [7, 11) is 0. The summed E-state index contributed by atoms with van der Waals surface area (Å²) in [5.41, 5.74) is 8.44. The second kappa shape index (κ2) is 9.46. The molecule has 2 aliphatic heterocycles. The fourth-order valence-corrected chi connectivity index (χ4v) is 6.34. The minimum absolute atomic E-state index is 0.00693. The SMILES string of the molecule is CCCCc1c(C(=O)c2ccc(Cl)c(Cl)c2)c(-c2ccccc2)c2n1CC[C@H]1c3ccccc3N[C@@H]21. The monoisotopic (exact) mass is 514 g/mol. The van der Waals surface area contributed by atoms with Crippen LogP contribution in [-0.2, 0) is 13.0 Å². The van der Waals surface area contributed by atoms with Crippen molar-refractivity contribution in [3.05, 3.63) is 111 Å². The van der Waals surface area contributed by atoms with Crippen molar-refractivity contribution in [3.63, 3.8) is 0 Å². The first-order chi connectivity index (χ1) is 17.6. The molecule has 0 spiro atoms. The summed E-state index contributed by atoms with van der Waals surface area (Å²) < 4.78 is 2.45. The molecule has 5 heteroatoms. The number of unbranched alkanes of at least 4 members (excludes halogenated alkanes) is 1. The molecule has 2 aliphatic rings. The summed E-state index contributed by atoms with van der Waals surface area (Å²) in [6.45, 7) is 3.10. The first kappa shape index (κ1) is 23.4. The van der Waals surface area contributed by atoms with E-state index in [1.54, 1.807) is 18.2 Å². The van der Waals surface area contributed by atoms with Crippen LogP contribution in [0.5, 0.6) is 0 Å². The smallest absolute Gasteiger partial charge is 0.195 e. The standard InChI is InChI=1S/C31H28Cl2N2O/c1-2-3-13-26-28(31(36)20-14-15-23(32)24(33)18-20)27(19-9-5-4-6-10-19)30-29-22(16-17-35(26)30)21-11-7-8-12-25(21)34-29/h4-12,14-15,18,22,29,34H,2-3,13,16-17H2,1H3/t22-,29+/m0/s1. The minimum atomic E-state index is 0.00693. The van der Waals surface area contributed by atoms with Gasteiger partial charge in [0.2, 0.25) is 0 Å². The number of halogens is 2. The van der Waals surface area contributed by atoms with Gasteiger partial charge in [0.05, 0.1) is 21.7 Å². The van der Waals surface area contributed by atoms with E-state index < -0.39 is 0 Å². The van der Waals surface area contributed by atoms with E-state index in [1.807, 2.05) is 6.07 Å². The molecular weight excluding hydrogens is 487 g/mol. The molecule has 3 heterocycles. The number of aromatic nitrogens is 1. The third kappa shape index (κ3) is 3.77. The van der Waals surface area contributed by atoms with Crippen LogP contribution >= 0.6 is 23.2 Å². The molecule has 1 N–H and O–H groups in total. The van der Waals surface area contributed by atoms with E-state index in [0.717, 1.165) is 54.6 Å². The van der Waals surface area contributed by atoms with Crippen molar-refractivity contribution in [1.29, 1.82) is 0 Å². The molecular formula is C31H28Cl2N2O. The Morgan fingerprint density at radius 1 is 1.00 bits per heavy atom. The highest BCUT2D eigenvalue weighted by atomic mass is 35.5. The normalized spacial score (nSPS) is 17.8. The quantitative estimate of drug-likeness (QED) is 0.261. The molecule has 0 radical (unpaired) electrons. The summed E-state index contributed by atoms with van der Waals surface area (Å²) >= 11 is 12.5. The summed E-state index contributed by atoms with van der Waals surface area (Å²) in [6, 6.07) is 24.3. The number of nitrogens with one attached hydrogen (secondary N) is 1. The number of benzene rings is 3. The second-order valence-electron chi connectivity index (χ2n) is 9.77. The molecule has 1 aromatic heterocycles. The van der Waals surface area contributed by atoms with Crippen molar-refractivity contribution in [2.75, 3.05) is 5.32 Å². The van der Waals surface area contributed by atoms with Crippen LogP contribution in [0.3, 0.4) is 0 Å². The van der Waals surface area contributed by atoms with Crippen LogP contribution in [0.4, 0.5) is 5.69 Å². The van der Waals surface area contributed by atoms with Gasteiger partial charge >= 0.3 is 0 Å². The number of ketones is 1. The number of anilines is 1. The average molecular weight is 515 g/mol. The number of hydrogen-bond acceptors (Lipinski definition) is 2. The molecule has 0 bridgehead atoms. The molecule has 0 fully saturated rings. The Kier molecular flexibility index (Phi) is 6.15. The Labute approximate surface area is 222 Å². The first-order valence-electron chi connectivity index (χ1n) is 12.7. The number of fused-ring (bicyclic) bond motifs is 5. The predicted molar refractivity (Wildman–Crippen MR) is 149 cm³/mol.